The maximum absolute atomic E-state index is 13.4. The van der Waals surface area contributed by atoms with Crippen molar-refractivity contribution in [3.05, 3.63) is 35.4 Å². The first kappa shape index (κ1) is 13.9. The number of hydrogen-bond donors (Lipinski definition) is 0. The Morgan fingerprint density at radius 3 is 2.79 bits per heavy atom. The summed E-state index contributed by atoms with van der Waals surface area (Å²) in [4.78, 5) is 13.1. The minimum Gasteiger partial charge on any atom is -0.460 e. The number of ether oxygens (including phenoxy) is 1. The van der Waals surface area contributed by atoms with Crippen LogP contribution in [0.15, 0.2) is 18.2 Å². The highest BCUT2D eigenvalue weighted by Crippen LogP contribution is 2.15. The fourth-order valence-electron chi connectivity index (χ4n) is 2.05. The maximum atomic E-state index is 13.4. The van der Waals surface area contributed by atoms with Crippen LogP contribution in [0.3, 0.4) is 0 Å². The topological polar surface area (TPSA) is 29.5 Å². The van der Waals surface area contributed by atoms with Crippen LogP contribution in [-0.2, 0) is 16.0 Å². The first-order valence-corrected chi connectivity index (χ1v) is 6.44. The van der Waals surface area contributed by atoms with E-state index in [2.05, 4.69) is 4.90 Å². The van der Waals surface area contributed by atoms with Crippen LogP contribution < -0.4 is 0 Å². The lowest BCUT2D eigenvalue weighted by molar-refractivity contribution is -0.156. The van der Waals surface area contributed by atoms with Gasteiger partial charge in [0.05, 0.1) is 0 Å². The van der Waals surface area contributed by atoms with Gasteiger partial charge in [-0.1, -0.05) is 13.0 Å². The molecule has 1 saturated heterocycles. The quantitative estimate of drug-likeness (QED) is 0.767. The third-order valence-electron chi connectivity index (χ3n) is 3.22. The predicted molar refractivity (Wildman–Crippen MR) is 66.7 cm³/mol. The summed E-state index contributed by atoms with van der Waals surface area (Å²) in [5, 5.41) is 0. The minimum atomic E-state index is -0.559. The van der Waals surface area contributed by atoms with E-state index in [-0.39, 0.29) is 12.1 Å². The molecule has 1 fully saturated rings. The third-order valence-corrected chi connectivity index (χ3v) is 3.22. The summed E-state index contributed by atoms with van der Waals surface area (Å²) in [5.41, 5.74) is 0.510. The molecule has 0 radical (unpaired) electrons. The lowest BCUT2D eigenvalue weighted by Gasteiger charge is -2.38. The summed E-state index contributed by atoms with van der Waals surface area (Å²) < 4.78 is 31.3. The number of likely N-dealkylation sites (tertiary alicyclic amines) is 1. The lowest BCUT2D eigenvalue weighted by Crippen LogP contribution is -2.53. The highest BCUT2D eigenvalue weighted by molar-refractivity contribution is 5.69. The normalized spacial score (nSPS) is 16.2. The smallest absolute Gasteiger partial charge is 0.305 e. The van der Waals surface area contributed by atoms with Crippen molar-refractivity contribution in [1.29, 1.82) is 0 Å². The number of rotatable bonds is 5. The van der Waals surface area contributed by atoms with E-state index in [0.29, 0.717) is 38.0 Å². The number of carbonyl (C=O) groups excluding carboxylic acids is 1. The van der Waals surface area contributed by atoms with Gasteiger partial charge in [-0.15, -0.1) is 0 Å². The van der Waals surface area contributed by atoms with Crippen molar-refractivity contribution < 1.29 is 18.3 Å². The second-order valence-electron chi connectivity index (χ2n) is 4.71. The van der Waals surface area contributed by atoms with E-state index < -0.39 is 11.6 Å². The van der Waals surface area contributed by atoms with Gasteiger partial charge in [0.25, 0.3) is 0 Å². The zero-order valence-electron chi connectivity index (χ0n) is 10.9. The molecule has 3 nitrogen and oxygen atoms in total. The Hall–Kier alpha value is -1.49. The zero-order chi connectivity index (χ0) is 13.8. The van der Waals surface area contributed by atoms with Crippen molar-refractivity contribution in [2.45, 2.75) is 25.9 Å². The Balaban J connectivity index is 1.72. The van der Waals surface area contributed by atoms with Crippen LogP contribution in [0.5, 0.6) is 0 Å². The van der Waals surface area contributed by atoms with Crippen molar-refractivity contribution in [2.24, 2.45) is 0 Å². The molecule has 1 aliphatic rings. The zero-order valence-corrected chi connectivity index (χ0v) is 10.9. The molecule has 0 N–H and O–H groups in total. The molecule has 1 heterocycles. The Labute approximate surface area is 111 Å². The average Bonchev–Trinajstić information content (AvgIpc) is 2.33. The van der Waals surface area contributed by atoms with Crippen molar-refractivity contribution in [3.63, 3.8) is 0 Å². The monoisotopic (exact) mass is 269 g/mol. The summed E-state index contributed by atoms with van der Waals surface area (Å²) in [6, 6.07) is 3.64. The van der Waals surface area contributed by atoms with E-state index >= 15 is 0 Å². The van der Waals surface area contributed by atoms with Crippen molar-refractivity contribution in [3.8, 4) is 0 Å². The fraction of sp³-hybridized carbons (Fsp3) is 0.500. The molecule has 2 rings (SSSR count). The average molecular weight is 269 g/mol. The summed E-state index contributed by atoms with van der Waals surface area (Å²) in [6.45, 7) is 3.82. The Morgan fingerprint density at radius 1 is 1.42 bits per heavy atom. The molecule has 0 aliphatic carbocycles. The van der Waals surface area contributed by atoms with E-state index in [9.17, 15) is 13.6 Å². The van der Waals surface area contributed by atoms with Gasteiger partial charge in [0.15, 0.2) is 0 Å². The predicted octanol–water partition coefficient (Wildman–Crippen LogP) is 2.14. The van der Waals surface area contributed by atoms with Crippen LogP contribution in [0.4, 0.5) is 8.78 Å². The molecule has 19 heavy (non-hydrogen) atoms. The van der Waals surface area contributed by atoms with Gasteiger partial charge in [0.2, 0.25) is 0 Å². The molecule has 1 aliphatic heterocycles. The van der Waals surface area contributed by atoms with E-state index in [0.717, 1.165) is 6.07 Å². The van der Waals surface area contributed by atoms with Crippen LogP contribution in [-0.4, -0.2) is 36.6 Å². The Bertz CT molecular complexity index is 459. The molecule has 1 aromatic carbocycles. The van der Waals surface area contributed by atoms with Crippen LogP contribution in [0.2, 0.25) is 0 Å². The molecule has 0 aromatic heterocycles. The molecule has 0 spiro atoms. The highest BCUT2D eigenvalue weighted by atomic mass is 19.1. The molecular weight excluding hydrogens is 252 g/mol. The van der Waals surface area contributed by atoms with Crippen LogP contribution >= 0.6 is 0 Å². The summed E-state index contributed by atoms with van der Waals surface area (Å²) in [5.74, 6) is -1.25. The standard InChI is InChI=1S/C14H17F2NO2/c1-2-14(18)19-12-8-17(9-12)6-5-10-3-4-11(15)7-13(10)16/h3-4,7,12H,2,5-6,8-9H2,1H3. The first-order valence-electron chi connectivity index (χ1n) is 6.44. The van der Waals surface area contributed by atoms with Crippen LogP contribution in [0.25, 0.3) is 0 Å². The molecule has 1 aromatic rings. The number of nitrogens with zero attached hydrogens (tertiary/aromatic N) is 1. The Morgan fingerprint density at radius 2 is 2.16 bits per heavy atom. The van der Waals surface area contributed by atoms with E-state index in [1.165, 1.54) is 12.1 Å². The number of esters is 1. The molecule has 0 saturated carbocycles. The number of halogens is 2. The molecular formula is C14H17F2NO2. The first-order chi connectivity index (χ1) is 9.08. The van der Waals surface area contributed by atoms with Crippen molar-refractivity contribution >= 4 is 5.97 Å². The van der Waals surface area contributed by atoms with Gasteiger partial charge >= 0.3 is 5.97 Å². The van der Waals surface area contributed by atoms with Crippen molar-refractivity contribution in [2.75, 3.05) is 19.6 Å². The van der Waals surface area contributed by atoms with Gasteiger partial charge in [-0.05, 0) is 18.1 Å². The number of hydrogen-bond acceptors (Lipinski definition) is 3. The van der Waals surface area contributed by atoms with Gasteiger partial charge in [0, 0.05) is 32.1 Å². The largest absolute Gasteiger partial charge is 0.460 e. The molecule has 5 heteroatoms. The molecule has 0 atom stereocenters. The van der Waals surface area contributed by atoms with E-state index in [1.807, 2.05) is 0 Å². The summed E-state index contributed by atoms with van der Waals surface area (Å²) in [7, 11) is 0. The second-order valence-corrected chi connectivity index (χ2v) is 4.71. The molecule has 0 unspecified atom stereocenters. The van der Waals surface area contributed by atoms with Gasteiger partial charge in [-0.25, -0.2) is 8.78 Å². The van der Waals surface area contributed by atoms with Gasteiger partial charge in [0.1, 0.15) is 17.7 Å². The lowest BCUT2D eigenvalue weighted by atomic mass is 10.1. The second kappa shape index (κ2) is 6.10. The van der Waals surface area contributed by atoms with Crippen LogP contribution in [0, 0.1) is 11.6 Å². The van der Waals surface area contributed by atoms with Gasteiger partial charge in [-0.3, -0.25) is 9.69 Å². The number of benzene rings is 1. The minimum absolute atomic E-state index is 0.0366. The summed E-state index contributed by atoms with van der Waals surface area (Å²) in [6.07, 6.45) is 0.878. The molecule has 104 valence electrons. The van der Waals surface area contributed by atoms with Gasteiger partial charge in [-0.2, -0.15) is 0 Å². The fourth-order valence-corrected chi connectivity index (χ4v) is 2.05. The van der Waals surface area contributed by atoms with E-state index in [4.69, 9.17) is 4.74 Å². The Kier molecular flexibility index (Phi) is 4.47. The molecule has 0 amide bonds. The molecule has 0 bridgehead atoms. The van der Waals surface area contributed by atoms with Gasteiger partial charge < -0.3 is 4.74 Å². The third kappa shape index (κ3) is 3.73. The summed E-state index contributed by atoms with van der Waals surface area (Å²) >= 11 is 0. The van der Waals surface area contributed by atoms with E-state index in [1.54, 1.807) is 6.92 Å². The highest BCUT2D eigenvalue weighted by Gasteiger charge is 2.29. The number of carbonyl (C=O) groups is 1. The van der Waals surface area contributed by atoms with Crippen LogP contribution in [0.1, 0.15) is 18.9 Å². The maximum Gasteiger partial charge on any atom is 0.305 e. The SMILES string of the molecule is CCC(=O)OC1CN(CCc2ccc(F)cc2F)C1. The van der Waals surface area contributed by atoms with Crippen molar-refractivity contribution in [1.82, 2.24) is 4.90 Å².